The van der Waals surface area contributed by atoms with Gasteiger partial charge in [0.2, 0.25) is 5.91 Å². The predicted octanol–water partition coefficient (Wildman–Crippen LogP) is 2.82. The van der Waals surface area contributed by atoms with Crippen molar-refractivity contribution in [2.45, 2.75) is 30.4 Å². The number of ether oxygens (including phenoxy) is 2. The fourth-order valence-corrected chi connectivity index (χ4v) is 3.64. The summed E-state index contributed by atoms with van der Waals surface area (Å²) in [7, 11) is -3.31. The van der Waals surface area contributed by atoms with Crippen molar-refractivity contribution in [1.29, 1.82) is 0 Å². The molecule has 26 heavy (non-hydrogen) atoms. The Bertz CT molecular complexity index is 904. The summed E-state index contributed by atoms with van der Waals surface area (Å²) >= 11 is 0. The summed E-state index contributed by atoms with van der Waals surface area (Å²) in [5.41, 5.74) is 1.36. The number of hydrogen-bond donors (Lipinski definition) is 1. The molecule has 3 rings (SSSR count). The molecule has 0 radical (unpaired) electrons. The first-order valence-electron chi connectivity index (χ1n) is 8.38. The summed E-state index contributed by atoms with van der Waals surface area (Å²) in [4.78, 5) is 12.5. The van der Waals surface area contributed by atoms with E-state index in [1.165, 1.54) is 0 Å². The van der Waals surface area contributed by atoms with Crippen molar-refractivity contribution >= 4 is 21.4 Å². The van der Waals surface area contributed by atoms with Crippen LogP contribution in [0.2, 0.25) is 0 Å². The van der Waals surface area contributed by atoms with E-state index in [0.29, 0.717) is 30.4 Å². The van der Waals surface area contributed by atoms with Gasteiger partial charge in [-0.2, -0.15) is 0 Å². The topological polar surface area (TPSA) is 81.7 Å². The van der Waals surface area contributed by atoms with Gasteiger partial charge >= 0.3 is 0 Å². The SMILES string of the molecule is CC(C)S(=O)(=O)c1ccc(CC(=O)Nc2ccc3c(c2)OCCO3)cc1. The number of amides is 1. The third kappa shape index (κ3) is 3.99. The van der Waals surface area contributed by atoms with Gasteiger partial charge in [-0.15, -0.1) is 0 Å². The molecule has 0 aromatic heterocycles. The lowest BCUT2D eigenvalue weighted by molar-refractivity contribution is -0.115. The minimum absolute atomic E-state index is 0.149. The second-order valence-corrected chi connectivity index (χ2v) is 8.83. The van der Waals surface area contributed by atoms with Crippen LogP contribution in [0.3, 0.4) is 0 Å². The maximum atomic E-state index is 12.2. The molecule has 0 atom stereocenters. The highest BCUT2D eigenvalue weighted by atomic mass is 32.2. The van der Waals surface area contributed by atoms with Crippen molar-refractivity contribution in [2.75, 3.05) is 18.5 Å². The number of sulfone groups is 1. The Morgan fingerprint density at radius 2 is 1.69 bits per heavy atom. The van der Waals surface area contributed by atoms with Gasteiger partial charge in [-0.3, -0.25) is 4.79 Å². The molecule has 138 valence electrons. The van der Waals surface area contributed by atoms with Crippen LogP contribution in [0.15, 0.2) is 47.4 Å². The first-order valence-corrected chi connectivity index (χ1v) is 9.93. The third-order valence-corrected chi connectivity index (χ3v) is 6.23. The molecule has 2 aromatic rings. The molecule has 0 unspecified atom stereocenters. The average molecular weight is 375 g/mol. The molecule has 6 nitrogen and oxygen atoms in total. The monoisotopic (exact) mass is 375 g/mol. The molecule has 1 amide bonds. The highest BCUT2D eigenvalue weighted by molar-refractivity contribution is 7.92. The zero-order valence-corrected chi connectivity index (χ0v) is 15.5. The number of fused-ring (bicyclic) bond motifs is 1. The lowest BCUT2D eigenvalue weighted by atomic mass is 10.1. The Hall–Kier alpha value is -2.54. The summed E-state index contributed by atoms with van der Waals surface area (Å²) in [6.07, 6.45) is 0.149. The van der Waals surface area contributed by atoms with Crippen molar-refractivity contribution < 1.29 is 22.7 Å². The highest BCUT2D eigenvalue weighted by Gasteiger charge is 2.19. The van der Waals surface area contributed by atoms with Gasteiger partial charge in [0.25, 0.3) is 0 Å². The van der Waals surface area contributed by atoms with Crippen molar-refractivity contribution in [1.82, 2.24) is 0 Å². The van der Waals surface area contributed by atoms with Crippen molar-refractivity contribution in [3.63, 3.8) is 0 Å². The number of carbonyl (C=O) groups is 1. The van der Waals surface area contributed by atoms with E-state index < -0.39 is 15.1 Å². The van der Waals surface area contributed by atoms with E-state index in [4.69, 9.17) is 9.47 Å². The van der Waals surface area contributed by atoms with Crippen LogP contribution in [0.4, 0.5) is 5.69 Å². The second-order valence-electron chi connectivity index (χ2n) is 6.32. The summed E-state index contributed by atoms with van der Waals surface area (Å²) in [5, 5.41) is 2.33. The molecule has 7 heteroatoms. The Labute approximate surface area is 153 Å². The molecule has 0 saturated heterocycles. The lowest BCUT2D eigenvalue weighted by Gasteiger charge is -2.19. The molecule has 1 heterocycles. The molecule has 0 saturated carbocycles. The van der Waals surface area contributed by atoms with E-state index in [1.54, 1.807) is 56.3 Å². The van der Waals surface area contributed by atoms with E-state index in [9.17, 15) is 13.2 Å². The summed E-state index contributed by atoms with van der Waals surface area (Å²) in [6.45, 7) is 4.28. The van der Waals surface area contributed by atoms with Crippen molar-refractivity contribution in [2.24, 2.45) is 0 Å². The third-order valence-electron chi connectivity index (χ3n) is 4.06. The zero-order chi connectivity index (χ0) is 18.7. The highest BCUT2D eigenvalue weighted by Crippen LogP contribution is 2.32. The Kier molecular flexibility index (Phi) is 5.18. The standard InChI is InChI=1S/C19H21NO5S/c1-13(2)26(22,23)16-6-3-14(4-7-16)11-19(21)20-15-5-8-17-18(12-15)25-10-9-24-17/h3-8,12-13H,9-11H2,1-2H3,(H,20,21). The first-order chi connectivity index (χ1) is 12.4. The van der Waals surface area contributed by atoms with Crippen LogP contribution in [-0.2, 0) is 21.1 Å². The predicted molar refractivity (Wildman–Crippen MR) is 98.5 cm³/mol. The lowest BCUT2D eigenvalue weighted by Crippen LogP contribution is -2.17. The van der Waals surface area contributed by atoms with Crippen LogP contribution in [0.25, 0.3) is 0 Å². The number of carbonyl (C=O) groups excluding carboxylic acids is 1. The fourth-order valence-electron chi connectivity index (χ4n) is 2.58. The van der Waals surface area contributed by atoms with E-state index in [2.05, 4.69) is 5.32 Å². The summed E-state index contributed by atoms with van der Waals surface area (Å²) in [5.74, 6) is 1.08. The number of nitrogens with one attached hydrogen (secondary N) is 1. The average Bonchev–Trinajstić information content (AvgIpc) is 2.62. The summed E-state index contributed by atoms with van der Waals surface area (Å²) < 4.78 is 35.2. The maximum absolute atomic E-state index is 12.2. The van der Waals surface area contributed by atoms with Crippen LogP contribution in [0.5, 0.6) is 11.5 Å². The van der Waals surface area contributed by atoms with Gasteiger partial charge in [0.05, 0.1) is 16.6 Å². The molecule has 1 aliphatic rings. The van der Waals surface area contributed by atoms with Crippen LogP contribution in [-0.4, -0.2) is 32.8 Å². The van der Waals surface area contributed by atoms with Gasteiger partial charge in [-0.05, 0) is 43.7 Å². The molecular weight excluding hydrogens is 354 g/mol. The van der Waals surface area contributed by atoms with Gasteiger partial charge in [-0.25, -0.2) is 8.42 Å². The van der Waals surface area contributed by atoms with Gasteiger partial charge in [0.1, 0.15) is 13.2 Å². The second kappa shape index (κ2) is 7.37. The van der Waals surface area contributed by atoms with E-state index in [-0.39, 0.29) is 17.2 Å². The van der Waals surface area contributed by atoms with Gasteiger partial charge in [0, 0.05) is 11.8 Å². The van der Waals surface area contributed by atoms with Crippen LogP contribution in [0, 0.1) is 0 Å². The zero-order valence-electron chi connectivity index (χ0n) is 14.7. The molecule has 0 fully saturated rings. The van der Waals surface area contributed by atoms with Crippen LogP contribution < -0.4 is 14.8 Å². The normalized spacial score (nSPS) is 13.5. The smallest absolute Gasteiger partial charge is 0.228 e. The fraction of sp³-hybridized carbons (Fsp3) is 0.316. The number of rotatable bonds is 5. The Morgan fingerprint density at radius 3 is 2.35 bits per heavy atom. The molecule has 2 aromatic carbocycles. The van der Waals surface area contributed by atoms with Crippen molar-refractivity contribution in [3.8, 4) is 11.5 Å². The Balaban J connectivity index is 1.65. The number of benzene rings is 2. The minimum Gasteiger partial charge on any atom is -0.486 e. The molecule has 0 spiro atoms. The largest absolute Gasteiger partial charge is 0.486 e. The number of anilines is 1. The van der Waals surface area contributed by atoms with Crippen LogP contribution in [0.1, 0.15) is 19.4 Å². The molecule has 0 aliphatic carbocycles. The molecular formula is C19H21NO5S. The Morgan fingerprint density at radius 1 is 1.04 bits per heavy atom. The van der Waals surface area contributed by atoms with E-state index >= 15 is 0 Å². The van der Waals surface area contributed by atoms with Gasteiger partial charge in [-0.1, -0.05) is 12.1 Å². The summed E-state index contributed by atoms with van der Waals surface area (Å²) in [6, 6.07) is 11.7. The first kappa shape index (κ1) is 18.3. The number of hydrogen-bond acceptors (Lipinski definition) is 5. The minimum atomic E-state index is -3.31. The quantitative estimate of drug-likeness (QED) is 0.869. The van der Waals surface area contributed by atoms with Gasteiger partial charge in [0.15, 0.2) is 21.3 Å². The van der Waals surface area contributed by atoms with Gasteiger partial charge < -0.3 is 14.8 Å². The van der Waals surface area contributed by atoms with E-state index in [1.807, 2.05) is 0 Å². The van der Waals surface area contributed by atoms with Crippen LogP contribution >= 0.6 is 0 Å². The maximum Gasteiger partial charge on any atom is 0.228 e. The molecule has 0 bridgehead atoms. The van der Waals surface area contributed by atoms with E-state index in [0.717, 1.165) is 5.56 Å². The van der Waals surface area contributed by atoms with Crippen molar-refractivity contribution in [3.05, 3.63) is 48.0 Å². The molecule has 1 aliphatic heterocycles. The molecule has 1 N–H and O–H groups in total.